The smallest absolute Gasteiger partial charge is 0.0940 e. The molecule has 3 aromatic rings. The van der Waals surface area contributed by atoms with Crippen molar-refractivity contribution in [2.24, 2.45) is 0 Å². The fraction of sp³-hybridized carbons (Fsp3) is 0.105. The molecule has 23 heavy (non-hydrogen) atoms. The number of halogens is 1. The molecule has 0 saturated heterocycles. The van der Waals surface area contributed by atoms with Crippen molar-refractivity contribution in [3.05, 3.63) is 94.8 Å². The van der Waals surface area contributed by atoms with Crippen LogP contribution in [0.25, 0.3) is 0 Å². The topological polar surface area (TPSA) is 45.1 Å². The van der Waals surface area contributed by atoms with E-state index in [4.69, 9.17) is 11.6 Å². The fourth-order valence-electron chi connectivity index (χ4n) is 2.46. The highest BCUT2D eigenvalue weighted by molar-refractivity contribution is 6.33. The molecule has 0 aliphatic heterocycles. The molecule has 0 fully saturated rings. The number of pyridine rings is 1. The number of anilines is 1. The van der Waals surface area contributed by atoms with E-state index in [1.54, 1.807) is 12.3 Å². The predicted octanol–water partition coefficient (Wildman–Crippen LogP) is 4.43. The molecule has 1 aromatic heterocycles. The van der Waals surface area contributed by atoms with E-state index in [0.29, 0.717) is 5.02 Å². The van der Waals surface area contributed by atoms with Crippen molar-refractivity contribution < 1.29 is 5.11 Å². The van der Waals surface area contributed by atoms with Crippen molar-refractivity contribution in [3.63, 3.8) is 0 Å². The molecule has 0 radical (unpaired) electrons. The molecule has 116 valence electrons. The highest BCUT2D eigenvalue weighted by atomic mass is 35.5. The van der Waals surface area contributed by atoms with Crippen molar-refractivity contribution in [2.75, 3.05) is 5.32 Å². The number of aliphatic hydroxyl groups excluding tert-OH is 1. The van der Waals surface area contributed by atoms with E-state index >= 15 is 0 Å². The van der Waals surface area contributed by atoms with E-state index in [-0.39, 0.29) is 12.6 Å². The van der Waals surface area contributed by atoms with Gasteiger partial charge in [0, 0.05) is 6.20 Å². The minimum Gasteiger partial charge on any atom is -0.392 e. The molecule has 0 bridgehead atoms. The zero-order chi connectivity index (χ0) is 16.1. The van der Waals surface area contributed by atoms with Crippen molar-refractivity contribution in [2.45, 2.75) is 12.6 Å². The Balaban J connectivity index is 2.00. The Morgan fingerprint density at radius 1 is 1.00 bits per heavy atom. The summed E-state index contributed by atoms with van der Waals surface area (Å²) in [6, 6.07) is 21.3. The monoisotopic (exact) mass is 324 g/mol. The maximum atomic E-state index is 9.34. The van der Waals surface area contributed by atoms with Gasteiger partial charge in [0.1, 0.15) is 0 Å². The van der Waals surface area contributed by atoms with E-state index in [1.807, 2.05) is 48.5 Å². The summed E-state index contributed by atoms with van der Waals surface area (Å²) in [5.74, 6) is 0. The number of nitrogens with zero attached hydrogens (tertiary/aromatic N) is 1. The van der Waals surface area contributed by atoms with Crippen LogP contribution in [0.2, 0.25) is 5.02 Å². The van der Waals surface area contributed by atoms with Crippen LogP contribution in [0.15, 0.2) is 72.9 Å². The molecule has 0 saturated carbocycles. The third-order valence-electron chi connectivity index (χ3n) is 3.63. The Labute approximate surface area is 140 Å². The minimum absolute atomic E-state index is 0.0224. The largest absolute Gasteiger partial charge is 0.392 e. The molecule has 0 spiro atoms. The fourth-order valence-corrected chi connectivity index (χ4v) is 2.63. The van der Waals surface area contributed by atoms with E-state index < -0.39 is 0 Å². The maximum absolute atomic E-state index is 9.34. The molecule has 4 heteroatoms. The summed E-state index contributed by atoms with van der Waals surface area (Å²) in [6.07, 6.45) is 1.78. The van der Waals surface area contributed by atoms with Gasteiger partial charge in [-0.15, -0.1) is 0 Å². The molecular weight excluding hydrogens is 308 g/mol. The quantitative estimate of drug-likeness (QED) is 0.730. The van der Waals surface area contributed by atoms with Gasteiger partial charge in [-0.2, -0.15) is 0 Å². The lowest BCUT2D eigenvalue weighted by Crippen LogP contribution is -2.14. The number of aromatic nitrogens is 1. The summed E-state index contributed by atoms with van der Waals surface area (Å²) >= 11 is 6.31. The van der Waals surface area contributed by atoms with Gasteiger partial charge in [-0.25, -0.2) is 0 Å². The van der Waals surface area contributed by atoms with Crippen LogP contribution in [0.4, 0.5) is 5.69 Å². The first-order valence-electron chi connectivity index (χ1n) is 7.39. The second-order valence-corrected chi connectivity index (χ2v) is 5.62. The number of rotatable bonds is 5. The normalized spacial score (nSPS) is 11.9. The van der Waals surface area contributed by atoms with Crippen molar-refractivity contribution in [3.8, 4) is 0 Å². The van der Waals surface area contributed by atoms with Gasteiger partial charge in [0.15, 0.2) is 0 Å². The molecule has 2 aromatic carbocycles. The number of hydrogen-bond donors (Lipinski definition) is 2. The second kappa shape index (κ2) is 7.27. The molecule has 3 nitrogen and oxygen atoms in total. The summed E-state index contributed by atoms with van der Waals surface area (Å²) in [5, 5.41) is 13.4. The van der Waals surface area contributed by atoms with Gasteiger partial charge in [-0.3, -0.25) is 4.98 Å². The van der Waals surface area contributed by atoms with E-state index in [1.165, 1.54) is 0 Å². The van der Waals surface area contributed by atoms with Crippen LogP contribution in [-0.2, 0) is 6.61 Å². The lowest BCUT2D eigenvalue weighted by atomic mass is 10.0. The Morgan fingerprint density at radius 3 is 2.48 bits per heavy atom. The minimum atomic E-state index is -0.121. The Kier molecular flexibility index (Phi) is 4.91. The van der Waals surface area contributed by atoms with Crippen molar-refractivity contribution in [1.82, 2.24) is 4.98 Å². The first-order chi connectivity index (χ1) is 11.3. The van der Waals surface area contributed by atoms with Gasteiger partial charge in [-0.1, -0.05) is 54.1 Å². The first-order valence-corrected chi connectivity index (χ1v) is 7.77. The predicted molar refractivity (Wildman–Crippen MR) is 93.5 cm³/mol. The lowest BCUT2D eigenvalue weighted by molar-refractivity contribution is 0.282. The van der Waals surface area contributed by atoms with Gasteiger partial charge < -0.3 is 10.4 Å². The van der Waals surface area contributed by atoms with Crippen LogP contribution >= 0.6 is 11.6 Å². The van der Waals surface area contributed by atoms with Crippen LogP contribution < -0.4 is 5.32 Å². The van der Waals surface area contributed by atoms with E-state index in [9.17, 15) is 5.11 Å². The molecule has 1 unspecified atom stereocenters. The standard InChI is InChI=1S/C19H17ClN2O/c20-16-10-9-14(13-23)12-18(16)22-19(15-6-2-1-3-7-15)17-8-4-5-11-21-17/h1-12,19,22-23H,13H2. The van der Waals surface area contributed by atoms with Crippen LogP contribution in [0.3, 0.4) is 0 Å². The van der Waals surface area contributed by atoms with Gasteiger partial charge in [0.05, 0.1) is 29.1 Å². The third kappa shape index (κ3) is 3.70. The highest BCUT2D eigenvalue weighted by Gasteiger charge is 2.16. The summed E-state index contributed by atoms with van der Waals surface area (Å²) in [4.78, 5) is 4.47. The lowest BCUT2D eigenvalue weighted by Gasteiger charge is -2.21. The maximum Gasteiger partial charge on any atom is 0.0940 e. The second-order valence-electron chi connectivity index (χ2n) is 5.21. The number of nitrogens with one attached hydrogen (secondary N) is 1. The zero-order valence-electron chi connectivity index (χ0n) is 12.5. The Hall–Kier alpha value is -2.36. The number of aliphatic hydroxyl groups is 1. The van der Waals surface area contributed by atoms with Gasteiger partial charge in [0.2, 0.25) is 0 Å². The zero-order valence-corrected chi connectivity index (χ0v) is 13.2. The van der Waals surface area contributed by atoms with Crippen LogP contribution in [0, 0.1) is 0 Å². The average molecular weight is 325 g/mol. The average Bonchev–Trinajstić information content (AvgIpc) is 2.62. The Bertz CT molecular complexity index is 723. The molecule has 0 aliphatic rings. The molecule has 2 N–H and O–H groups in total. The van der Waals surface area contributed by atoms with Gasteiger partial charge in [0.25, 0.3) is 0 Å². The molecule has 3 rings (SSSR count). The van der Waals surface area contributed by atoms with Crippen LogP contribution in [0.5, 0.6) is 0 Å². The summed E-state index contributed by atoms with van der Waals surface area (Å²) in [7, 11) is 0. The molecule has 0 aliphatic carbocycles. The number of benzene rings is 2. The first kappa shape index (κ1) is 15.5. The van der Waals surface area contributed by atoms with E-state index in [2.05, 4.69) is 22.4 Å². The van der Waals surface area contributed by atoms with Gasteiger partial charge in [-0.05, 0) is 35.4 Å². The van der Waals surface area contributed by atoms with Crippen molar-refractivity contribution in [1.29, 1.82) is 0 Å². The number of hydrogen-bond acceptors (Lipinski definition) is 3. The molecule has 1 atom stereocenters. The molecule has 0 amide bonds. The molecular formula is C19H17ClN2O. The SMILES string of the molecule is OCc1ccc(Cl)c(NC(c2ccccc2)c2ccccn2)c1. The van der Waals surface area contributed by atoms with Crippen LogP contribution in [0.1, 0.15) is 22.9 Å². The van der Waals surface area contributed by atoms with Gasteiger partial charge >= 0.3 is 0 Å². The van der Waals surface area contributed by atoms with Crippen LogP contribution in [-0.4, -0.2) is 10.1 Å². The Morgan fingerprint density at radius 2 is 1.78 bits per heavy atom. The summed E-state index contributed by atoms with van der Waals surface area (Å²) in [5.41, 5.74) is 3.59. The van der Waals surface area contributed by atoms with Crippen molar-refractivity contribution >= 4 is 17.3 Å². The highest BCUT2D eigenvalue weighted by Crippen LogP contribution is 2.30. The van der Waals surface area contributed by atoms with E-state index in [0.717, 1.165) is 22.5 Å². The summed E-state index contributed by atoms with van der Waals surface area (Å²) < 4.78 is 0. The summed E-state index contributed by atoms with van der Waals surface area (Å²) in [6.45, 7) is -0.0224. The third-order valence-corrected chi connectivity index (χ3v) is 3.96. The molecule has 1 heterocycles.